The van der Waals surface area contributed by atoms with Gasteiger partial charge in [-0.25, -0.2) is 0 Å². The SMILES string of the molecule is Cc1ccc(NC(=O)CCNCCC2=CCCCC2)cc1C. The third kappa shape index (κ3) is 5.64. The number of benzene rings is 1. The molecule has 0 aromatic heterocycles. The molecule has 0 fully saturated rings. The summed E-state index contributed by atoms with van der Waals surface area (Å²) in [6.45, 7) is 5.85. The van der Waals surface area contributed by atoms with Crippen molar-refractivity contribution in [3.8, 4) is 0 Å². The molecule has 2 rings (SSSR count). The fourth-order valence-corrected chi connectivity index (χ4v) is 2.75. The minimum Gasteiger partial charge on any atom is -0.326 e. The highest BCUT2D eigenvalue weighted by Crippen LogP contribution is 2.19. The van der Waals surface area contributed by atoms with Crippen LogP contribution in [0, 0.1) is 13.8 Å². The molecular weight excluding hydrogens is 272 g/mol. The molecule has 0 heterocycles. The Morgan fingerprint density at radius 1 is 1.14 bits per heavy atom. The van der Waals surface area contributed by atoms with Gasteiger partial charge in [0.15, 0.2) is 0 Å². The van der Waals surface area contributed by atoms with Gasteiger partial charge < -0.3 is 10.6 Å². The number of anilines is 1. The van der Waals surface area contributed by atoms with Crippen molar-refractivity contribution in [3.05, 3.63) is 41.0 Å². The Kier molecular flexibility index (Phi) is 6.66. The topological polar surface area (TPSA) is 41.1 Å². The van der Waals surface area contributed by atoms with Crippen LogP contribution in [0.4, 0.5) is 5.69 Å². The molecule has 1 aliphatic rings. The smallest absolute Gasteiger partial charge is 0.225 e. The van der Waals surface area contributed by atoms with Gasteiger partial charge in [0.05, 0.1) is 0 Å². The zero-order valence-corrected chi connectivity index (χ0v) is 13.9. The third-order valence-corrected chi connectivity index (χ3v) is 4.33. The highest BCUT2D eigenvalue weighted by Gasteiger charge is 2.05. The van der Waals surface area contributed by atoms with E-state index in [0.717, 1.165) is 25.2 Å². The minimum atomic E-state index is 0.0765. The van der Waals surface area contributed by atoms with Crippen LogP contribution in [0.1, 0.15) is 49.7 Å². The summed E-state index contributed by atoms with van der Waals surface area (Å²) in [6.07, 6.45) is 9.21. The molecule has 0 atom stereocenters. The van der Waals surface area contributed by atoms with Gasteiger partial charge in [0.25, 0.3) is 0 Å². The molecule has 3 heteroatoms. The Morgan fingerprint density at radius 2 is 2.00 bits per heavy atom. The van der Waals surface area contributed by atoms with Crippen LogP contribution < -0.4 is 10.6 Å². The minimum absolute atomic E-state index is 0.0765. The number of allylic oxidation sites excluding steroid dienone is 1. The largest absolute Gasteiger partial charge is 0.326 e. The summed E-state index contributed by atoms with van der Waals surface area (Å²) in [4.78, 5) is 11.9. The predicted molar refractivity (Wildman–Crippen MR) is 93.2 cm³/mol. The summed E-state index contributed by atoms with van der Waals surface area (Å²) >= 11 is 0. The molecule has 2 N–H and O–H groups in total. The molecule has 1 aromatic carbocycles. The van der Waals surface area contributed by atoms with E-state index < -0.39 is 0 Å². The summed E-state index contributed by atoms with van der Waals surface area (Å²) in [5, 5.41) is 6.33. The van der Waals surface area contributed by atoms with Gasteiger partial charge >= 0.3 is 0 Å². The van der Waals surface area contributed by atoms with Crippen LogP contribution in [-0.2, 0) is 4.79 Å². The first-order valence-corrected chi connectivity index (χ1v) is 8.41. The van der Waals surface area contributed by atoms with Crippen molar-refractivity contribution in [1.82, 2.24) is 5.32 Å². The maximum atomic E-state index is 11.9. The van der Waals surface area contributed by atoms with E-state index in [9.17, 15) is 4.79 Å². The summed E-state index contributed by atoms with van der Waals surface area (Å²) in [5.74, 6) is 0.0765. The van der Waals surface area contributed by atoms with Crippen molar-refractivity contribution in [1.29, 1.82) is 0 Å². The molecule has 0 spiro atoms. The zero-order chi connectivity index (χ0) is 15.8. The number of rotatable bonds is 7. The van der Waals surface area contributed by atoms with Gasteiger partial charge in [-0.2, -0.15) is 0 Å². The average Bonchev–Trinajstić information content (AvgIpc) is 2.52. The lowest BCUT2D eigenvalue weighted by Gasteiger charge is -2.13. The van der Waals surface area contributed by atoms with Crippen LogP contribution in [0.25, 0.3) is 0 Å². The molecule has 0 bridgehead atoms. The van der Waals surface area contributed by atoms with Gasteiger partial charge in [0.2, 0.25) is 5.91 Å². The number of hydrogen-bond acceptors (Lipinski definition) is 2. The first kappa shape index (κ1) is 16.8. The number of carbonyl (C=O) groups is 1. The van der Waals surface area contributed by atoms with Gasteiger partial charge in [-0.3, -0.25) is 4.79 Å². The summed E-state index contributed by atoms with van der Waals surface area (Å²) in [6, 6.07) is 6.03. The molecule has 3 nitrogen and oxygen atoms in total. The predicted octanol–water partition coefficient (Wildman–Crippen LogP) is 4.11. The number of carbonyl (C=O) groups excluding carboxylic acids is 1. The van der Waals surface area contributed by atoms with Crippen molar-refractivity contribution >= 4 is 11.6 Å². The molecule has 0 aliphatic heterocycles. The highest BCUT2D eigenvalue weighted by molar-refractivity contribution is 5.90. The van der Waals surface area contributed by atoms with Crippen molar-refractivity contribution in [2.75, 3.05) is 18.4 Å². The molecule has 1 aliphatic carbocycles. The van der Waals surface area contributed by atoms with Crippen molar-refractivity contribution < 1.29 is 4.79 Å². The molecule has 120 valence electrons. The molecule has 1 amide bonds. The highest BCUT2D eigenvalue weighted by atomic mass is 16.1. The number of nitrogens with one attached hydrogen (secondary N) is 2. The van der Waals surface area contributed by atoms with E-state index in [2.05, 4.69) is 30.6 Å². The quantitative estimate of drug-likeness (QED) is 0.587. The van der Waals surface area contributed by atoms with E-state index in [1.807, 2.05) is 18.2 Å². The normalized spacial score (nSPS) is 14.5. The zero-order valence-electron chi connectivity index (χ0n) is 13.9. The van der Waals surface area contributed by atoms with Gasteiger partial charge in [0.1, 0.15) is 0 Å². The monoisotopic (exact) mass is 300 g/mol. The molecule has 1 aromatic rings. The number of aryl methyl sites for hydroxylation is 2. The molecule has 0 saturated carbocycles. The second-order valence-corrected chi connectivity index (χ2v) is 6.21. The summed E-state index contributed by atoms with van der Waals surface area (Å²) in [7, 11) is 0. The third-order valence-electron chi connectivity index (χ3n) is 4.33. The lowest BCUT2D eigenvalue weighted by Crippen LogP contribution is -2.23. The van der Waals surface area contributed by atoms with E-state index in [4.69, 9.17) is 0 Å². The van der Waals surface area contributed by atoms with Gasteiger partial charge in [-0.1, -0.05) is 17.7 Å². The van der Waals surface area contributed by atoms with Crippen molar-refractivity contribution in [2.45, 2.75) is 52.4 Å². The first-order chi connectivity index (χ1) is 10.6. The van der Waals surface area contributed by atoms with E-state index in [0.29, 0.717) is 6.42 Å². The van der Waals surface area contributed by atoms with Gasteiger partial charge in [0, 0.05) is 18.7 Å². The summed E-state index contributed by atoms with van der Waals surface area (Å²) in [5.41, 5.74) is 4.92. The Bertz CT molecular complexity index is 534. The van der Waals surface area contributed by atoms with Crippen molar-refractivity contribution in [3.63, 3.8) is 0 Å². The lowest BCUT2D eigenvalue weighted by atomic mass is 9.97. The van der Waals surface area contributed by atoms with Gasteiger partial charge in [-0.05, 0) is 75.8 Å². The van der Waals surface area contributed by atoms with Crippen LogP contribution >= 0.6 is 0 Å². The van der Waals surface area contributed by atoms with Crippen LogP contribution in [0.15, 0.2) is 29.8 Å². The number of hydrogen-bond donors (Lipinski definition) is 2. The fraction of sp³-hybridized carbons (Fsp3) is 0.526. The Labute approximate surface area is 134 Å². The maximum Gasteiger partial charge on any atom is 0.225 e. The van der Waals surface area contributed by atoms with E-state index in [1.54, 1.807) is 5.57 Å². The molecule has 0 saturated heterocycles. The van der Waals surface area contributed by atoms with Gasteiger partial charge in [-0.15, -0.1) is 0 Å². The first-order valence-electron chi connectivity index (χ1n) is 8.41. The Morgan fingerprint density at radius 3 is 2.73 bits per heavy atom. The maximum absolute atomic E-state index is 11.9. The molecule has 0 radical (unpaired) electrons. The van der Waals surface area contributed by atoms with Crippen LogP contribution in [0.5, 0.6) is 0 Å². The second-order valence-electron chi connectivity index (χ2n) is 6.21. The van der Waals surface area contributed by atoms with Crippen LogP contribution in [0.3, 0.4) is 0 Å². The fourth-order valence-electron chi connectivity index (χ4n) is 2.75. The number of amides is 1. The molecular formula is C19H28N2O. The molecule has 0 unspecified atom stereocenters. The van der Waals surface area contributed by atoms with Crippen molar-refractivity contribution in [2.24, 2.45) is 0 Å². The summed E-state index contributed by atoms with van der Waals surface area (Å²) < 4.78 is 0. The average molecular weight is 300 g/mol. The Balaban J connectivity index is 1.61. The van der Waals surface area contributed by atoms with E-state index in [1.165, 1.54) is 36.8 Å². The second kappa shape index (κ2) is 8.74. The van der Waals surface area contributed by atoms with E-state index >= 15 is 0 Å². The van der Waals surface area contributed by atoms with E-state index in [-0.39, 0.29) is 5.91 Å². The Hall–Kier alpha value is -1.61. The lowest BCUT2D eigenvalue weighted by molar-refractivity contribution is -0.116. The molecule has 22 heavy (non-hydrogen) atoms. The standard InChI is InChI=1S/C19H28N2O/c1-15-8-9-18(14-16(15)2)21-19(22)11-13-20-12-10-17-6-4-3-5-7-17/h6,8-9,14,20H,3-5,7,10-13H2,1-2H3,(H,21,22). The van der Waals surface area contributed by atoms with Crippen LogP contribution in [0.2, 0.25) is 0 Å². The van der Waals surface area contributed by atoms with Crippen LogP contribution in [-0.4, -0.2) is 19.0 Å².